The van der Waals surface area contributed by atoms with Gasteiger partial charge in [0.2, 0.25) is 0 Å². The van der Waals surface area contributed by atoms with Crippen LogP contribution in [0.4, 0.5) is 8.78 Å². The molecule has 4 bridgehead atoms. The smallest absolute Gasteiger partial charge is 0.299 e. The minimum absolute atomic E-state index is 0.232. The first-order valence-electron chi connectivity index (χ1n) is 7.49. The quantitative estimate of drug-likeness (QED) is 0.790. The summed E-state index contributed by atoms with van der Waals surface area (Å²) in [4.78, 5) is 12.5. The maximum atomic E-state index is 13.3. The van der Waals surface area contributed by atoms with Gasteiger partial charge in [-0.15, -0.1) is 0 Å². The third-order valence-electron chi connectivity index (χ3n) is 5.65. The van der Waals surface area contributed by atoms with Crippen LogP contribution < -0.4 is 0 Å². The third-order valence-corrected chi connectivity index (χ3v) is 6.61. The number of Topliss-reactive ketones (excluding diaryl/α,β-unsaturated/α-hetero) is 1. The predicted octanol–water partition coefficient (Wildman–Crippen LogP) is 3.03. The molecule has 21 heavy (non-hydrogen) atoms. The molecule has 4 aliphatic rings. The molecule has 0 atom stereocenters. The zero-order valence-electron chi connectivity index (χ0n) is 11.7. The Morgan fingerprint density at radius 2 is 1.52 bits per heavy atom. The number of carbonyl (C=O) groups excluding carboxylic acids is 1. The molecule has 0 saturated heterocycles. The molecule has 0 spiro atoms. The number of halogens is 2. The van der Waals surface area contributed by atoms with E-state index in [1.54, 1.807) is 0 Å². The van der Waals surface area contributed by atoms with Gasteiger partial charge >= 0.3 is 15.4 Å². The summed E-state index contributed by atoms with van der Waals surface area (Å²) in [5, 5.41) is -4.23. The van der Waals surface area contributed by atoms with Gasteiger partial charge in [-0.05, 0) is 56.3 Å². The lowest BCUT2D eigenvalue weighted by atomic mass is 9.48. The molecule has 0 amide bonds. The molecular weight excluding hydrogens is 302 g/mol. The average Bonchev–Trinajstić information content (AvgIpc) is 2.32. The molecule has 4 fully saturated rings. The van der Waals surface area contributed by atoms with E-state index in [4.69, 9.17) is 4.55 Å². The Bertz CT molecular complexity index is 520. The second-order valence-corrected chi connectivity index (χ2v) is 8.78. The summed E-state index contributed by atoms with van der Waals surface area (Å²) < 4.78 is 56.3. The summed E-state index contributed by atoms with van der Waals surface area (Å²) in [6, 6.07) is 0. The monoisotopic (exact) mass is 322 g/mol. The van der Waals surface area contributed by atoms with Gasteiger partial charge in [0.1, 0.15) is 5.78 Å². The molecule has 120 valence electrons. The Morgan fingerprint density at radius 3 is 1.90 bits per heavy atom. The first-order chi connectivity index (χ1) is 9.61. The van der Waals surface area contributed by atoms with Gasteiger partial charge in [0.25, 0.3) is 0 Å². The maximum absolute atomic E-state index is 13.3. The Hall–Kier alpha value is -0.560. The van der Waals surface area contributed by atoms with Crippen LogP contribution in [-0.2, 0) is 14.9 Å². The Balaban J connectivity index is 1.69. The summed E-state index contributed by atoms with van der Waals surface area (Å²) in [7, 11) is -5.44. The Kier molecular flexibility index (Phi) is 3.44. The van der Waals surface area contributed by atoms with Crippen molar-refractivity contribution in [3.63, 3.8) is 0 Å². The SMILES string of the molecule is O=C(CCC(F)(F)S(=O)(=O)O)C12CC3CC(CC(C3)C1)C2. The molecular formula is C14H20F2O4S. The van der Waals surface area contributed by atoms with Crippen LogP contribution >= 0.6 is 0 Å². The van der Waals surface area contributed by atoms with E-state index in [9.17, 15) is 22.0 Å². The van der Waals surface area contributed by atoms with Crippen molar-refractivity contribution >= 4 is 15.9 Å². The van der Waals surface area contributed by atoms with Crippen molar-refractivity contribution < 1.29 is 26.5 Å². The van der Waals surface area contributed by atoms with Crippen molar-refractivity contribution in [2.75, 3.05) is 0 Å². The van der Waals surface area contributed by atoms with Gasteiger partial charge in [-0.1, -0.05) is 0 Å². The molecule has 4 saturated carbocycles. The van der Waals surface area contributed by atoms with Crippen molar-refractivity contribution in [3.8, 4) is 0 Å². The summed E-state index contributed by atoms with van der Waals surface area (Å²) in [6.45, 7) is 0. The first kappa shape index (κ1) is 15.3. The van der Waals surface area contributed by atoms with Gasteiger partial charge in [-0.2, -0.15) is 17.2 Å². The number of rotatable bonds is 5. The van der Waals surface area contributed by atoms with Crippen LogP contribution in [0, 0.1) is 23.2 Å². The van der Waals surface area contributed by atoms with Gasteiger partial charge in [0, 0.05) is 18.3 Å². The van der Waals surface area contributed by atoms with Crippen LogP contribution in [0.25, 0.3) is 0 Å². The average molecular weight is 322 g/mol. The van der Waals surface area contributed by atoms with Crippen LogP contribution in [0.15, 0.2) is 0 Å². The molecule has 4 nitrogen and oxygen atoms in total. The van der Waals surface area contributed by atoms with Crippen molar-refractivity contribution in [3.05, 3.63) is 0 Å². The van der Waals surface area contributed by atoms with E-state index in [0.717, 1.165) is 38.5 Å². The van der Waals surface area contributed by atoms with Crippen LogP contribution in [0.1, 0.15) is 51.4 Å². The fourth-order valence-corrected chi connectivity index (χ4v) is 5.47. The van der Waals surface area contributed by atoms with Crippen molar-refractivity contribution in [2.24, 2.45) is 23.2 Å². The summed E-state index contributed by atoms with van der Waals surface area (Å²) >= 11 is 0. The van der Waals surface area contributed by atoms with Crippen LogP contribution in [0.2, 0.25) is 0 Å². The molecule has 0 aromatic carbocycles. The topological polar surface area (TPSA) is 71.4 Å². The number of carbonyl (C=O) groups is 1. The fraction of sp³-hybridized carbons (Fsp3) is 0.929. The molecule has 4 aliphatic carbocycles. The molecule has 0 unspecified atom stereocenters. The lowest BCUT2D eigenvalue weighted by molar-refractivity contribution is -0.144. The number of hydrogen-bond donors (Lipinski definition) is 1. The first-order valence-corrected chi connectivity index (χ1v) is 8.93. The highest BCUT2D eigenvalue weighted by molar-refractivity contribution is 7.86. The van der Waals surface area contributed by atoms with Crippen molar-refractivity contribution in [1.82, 2.24) is 0 Å². The molecule has 0 aromatic rings. The molecule has 0 aliphatic heterocycles. The van der Waals surface area contributed by atoms with Gasteiger partial charge in [-0.25, -0.2) is 0 Å². The van der Waals surface area contributed by atoms with Crippen molar-refractivity contribution in [2.45, 2.75) is 56.6 Å². The lowest BCUT2D eigenvalue weighted by Gasteiger charge is -2.56. The summed E-state index contributed by atoms with van der Waals surface area (Å²) in [6.07, 6.45) is 4.17. The van der Waals surface area contributed by atoms with Gasteiger partial charge in [0.15, 0.2) is 0 Å². The second kappa shape index (κ2) is 4.72. The molecule has 0 aromatic heterocycles. The summed E-state index contributed by atoms with van der Waals surface area (Å²) in [5.74, 6) is 1.36. The normalized spacial score (nSPS) is 38.7. The van der Waals surface area contributed by atoms with E-state index in [1.165, 1.54) is 0 Å². The predicted molar refractivity (Wildman–Crippen MR) is 71.3 cm³/mol. The summed E-state index contributed by atoms with van der Waals surface area (Å²) in [5.41, 5.74) is -0.496. The van der Waals surface area contributed by atoms with Crippen LogP contribution in [0.3, 0.4) is 0 Å². The van der Waals surface area contributed by atoms with E-state index < -0.39 is 33.6 Å². The van der Waals surface area contributed by atoms with E-state index in [2.05, 4.69) is 0 Å². The maximum Gasteiger partial charge on any atom is 0.370 e. The third kappa shape index (κ3) is 2.63. The zero-order chi connectivity index (χ0) is 15.5. The Labute approximate surface area is 123 Å². The van der Waals surface area contributed by atoms with E-state index >= 15 is 0 Å². The number of alkyl halides is 2. The highest BCUT2D eigenvalue weighted by atomic mass is 32.2. The molecule has 0 heterocycles. The molecule has 0 radical (unpaired) electrons. The second-order valence-electron chi connectivity index (χ2n) is 7.23. The van der Waals surface area contributed by atoms with Gasteiger partial charge in [0.05, 0.1) is 0 Å². The van der Waals surface area contributed by atoms with Gasteiger partial charge in [-0.3, -0.25) is 9.35 Å². The fourth-order valence-electron chi connectivity index (χ4n) is 5.11. The minimum Gasteiger partial charge on any atom is -0.299 e. The van der Waals surface area contributed by atoms with Crippen LogP contribution in [0.5, 0.6) is 0 Å². The standard InChI is InChI=1S/C14H20F2O4S/c15-14(16,21(18,19)20)2-1-12(17)13-6-9-3-10(7-13)5-11(4-9)8-13/h9-11H,1-8H2,(H,18,19,20). The molecule has 4 rings (SSSR count). The highest BCUT2D eigenvalue weighted by Crippen LogP contribution is 2.60. The van der Waals surface area contributed by atoms with E-state index in [0.29, 0.717) is 17.8 Å². The number of ketones is 1. The van der Waals surface area contributed by atoms with Gasteiger partial charge < -0.3 is 0 Å². The lowest BCUT2D eigenvalue weighted by Crippen LogP contribution is -2.50. The zero-order valence-corrected chi connectivity index (χ0v) is 12.5. The highest BCUT2D eigenvalue weighted by Gasteiger charge is 2.55. The van der Waals surface area contributed by atoms with E-state index in [-0.39, 0.29) is 5.78 Å². The van der Waals surface area contributed by atoms with E-state index in [1.807, 2.05) is 0 Å². The molecule has 1 N–H and O–H groups in total. The Morgan fingerprint density at radius 1 is 1.10 bits per heavy atom. The van der Waals surface area contributed by atoms with Crippen molar-refractivity contribution in [1.29, 1.82) is 0 Å². The number of hydrogen-bond acceptors (Lipinski definition) is 3. The minimum atomic E-state index is -5.44. The molecule has 7 heteroatoms. The van der Waals surface area contributed by atoms with Crippen LogP contribution in [-0.4, -0.2) is 24.0 Å². The largest absolute Gasteiger partial charge is 0.370 e.